The number of nitrogens with zero attached hydrogens (tertiary/aromatic N) is 3. The predicted octanol–water partition coefficient (Wildman–Crippen LogP) is 0.310. The van der Waals surface area contributed by atoms with Crippen molar-refractivity contribution in [2.24, 2.45) is 0 Å². The first-order chi connectivity index (χ1) is 8.25. The molecule has 0 aliphatic carbocycles. The Balaban J connectivity index is 3.58. The number of nitro groups is 2. The fourth-order valence-corrected chi connectivity index (χ4v) is 1.18. The molecular formula is C8H7N3O7. The molecule has 1 rings (SSSR count). The van der Waals surface area contributed by atoms with E-state index in [-0.39, 0.29) is 0 Å². The van der Waals surface area contributed by atoms with Gasteiger partial charge in [0.15, 0.2) is 0 Å². The predicted molar refractivity (Wildman–Crippen MR) is 56.4 cm³/mol. The average molecular weight is 257 g/mol. The Morgan fingerprint density at radius 1 is 1.28 bits per heavy atom. The standard InChI is InChI=1S/C8H7N3O7/c1-4(8(13)14)9-2-5(10(15)16)7(12)6(3-9)11(17)18/h2-4H,1H3,(H,13,14)/t4-/m0/s1. The van der Waals surface area contributed by atoms with Gasteiger partial charge in [0.25, 0.3) is 0 Å². The van der Waals surface area contributed by atoms with Gasteiger partial charge in [0.1, 0.15) is 6.04 Å². The Morgan fingerprint density at radius 2 is 1.67 bits per heavy atom. The van der Waals surface area contributed by atoms with Crippen molar-refractivity contribution in [1.82, 2.24) is 4.57 Å². The molecule has 10 heteroatoms. The molecule has 0 saturated carbocycles. The average Bonchev–Trinajstić information content (AvgIpc) is 2.27. The third kappa shape index (κ3) is 2.31. The highest BCUT2D eigenvalue weighted by molar-refractivity contribution is 5.71. The van der Waals surface area contributed by atoms with Gasteiger partial charge >= 0.3 is 22.8 Å². The van der Waals surface area contributed by atoms with Gasteiger partial charge in [0, 0.05) is 0 Å². The summed E-state index contributed by atoms with van der Waals surface area (Å²) < 4.78 is 0.736. The van der Waals surface area contributed by atoms with Crippen LogP contribution >= 0.6 is 0 Å². The van der Waals surface area contributed by atoms with E-state index in [9.17, 15) is 29.8 Å². The molecule has 0 aliphatic heterocycles. The molecule has 0 fully saturated rings. The summed E-state index contributed by atoms with van der Waals surface area (Å²) in [5, 5.41) is 29.9. The minimum atomic E-state index is -1.36. The summed E-state index contributed by atoms with van der Waals surface area (Å²) in [7, 11) is 0. The summed E-state index contributed by atoms with van der Waals surface area (Å²) in [6.45, 7) is 1.17. The molecule has 0 amide bonds. The first-order valence-electron chi connectivity index (χ1n) is 4.53. The molecule has 96 valence electrons. The molecule has 0 radical (unpaired) electrons. The number of carboxylic acids is 1. The van der Waals surface area contributed by atoms with Crippen molar-refractivity contribution in [2.75, 3.05) is 0 Å². The van der Waals surface area contributed by atoms with Gasteiger partial charge in [-0.3, -0.25) is 25.0 Å². The van der Waals surface area contributed by atoms with Crippen LogP contribution in [0, 0.1) is 20.2 Å². The minimum absolute atomic E-state index is 0.661. The number of aliphatic carboxylic acids is 1. The van der Waals surface area contributed by atoms with E-state index in [1.807, 2.05) is 0 Å². The topological polar surface area (TPSA) is 146 Å². The van der Waals surface area contributed by atoms with Crippen molar-refractivity contribution in [3.8, 4) is 0 Å². The number of aromatic nitrogens is 1. The largest absolute Gasteiger partial charge is 0.480 e. The van der Waals surface area contributed by atoms with Crippen LogP contribution in [0.25, 0.3) is 0 Å². The van der Waals surface area contributed by atoms with Crippen molar-refractivity contribution in [1.29, 1.82) is 0 Å². The van der Waals surface area contributed by atoms with E-state index >= 15 is 0 Å². The summed E-state index contributed by atoms with van der Waals surface area (Å²) in [5.41, 5.74) is -3.45. The van der Waals surface area contributed by atoms with E-state index in [1.54, 1.807) is 0 Å². The van der Waals surface area contributed by atoms with Crippen LogP contribution in [0.4, 0.5) is 11.4 Å². The van der Waals surface area contributed by atoms with Crippen molar-refractivity contribution in [3.05, 3.63) is 42.8 Å². The number of carboxylic acid groups (broad SMARTS) is 1. The van der Waals surface area contributed by atoms with Crippen LogP contribution in [0.2, 0.25) is 0 Å². The third-order valence-electron chi connectivity index (χ3n) is 2.21. The van der Waals surface area contributed by atoms with Crippen molar-refractivity contribution in [2.45, 2.75) is 13.0 Å². The first-order valence-corrected chi connectivity index (χ1v) is 4.53. The van der Waals surface area contributed by atoms with Crippen molar-refractivity contribution in [3.63, 3.8) is 0 Å². The highest BCUT2D eigenvalue weighted by Crippen LogP contribution is 2.16. The van der Waals surface area contributed by atoms with Crippen LogP contribution in [0.15, 0.2) is 17.2 Å². The molecule has 0 aromatic carbocycles. The molecule has 1 N–H and O–H groups in total. The molecule has 0 saturated heterocycles. The first kappa shape index (κ1) is 13.3. The Bertz CT molecular complexity index is 553. The van der Waals surface area contributed by atoms with Crippen molar-refractivity contribution >= 4 is 17.3 Å². The lowest BCUT2D eigenvalue weighted by molar-refractivity contribution is -0.397. The Morgan fingerprint density at radius 3 is 1.94 bits per heavy atom. The van der Waals surface area contributed by atoms with Gasteiger partial charge in [-0.15, -0.1) is 0 Å². The fourth-order valence-electron chi connectivity index (χ4n) is 1.18. The molecule has 0 bridgehead atoms. The lowest BCUT2D eigenvalue weighted by atomic mass is 10.3. The zero-order valence-corrected chi connectivity index (χ0v) is 8.97. The van der Waals surface area contributed by atoms with E-state index in [0.717, 1.165) is 4.57 Å². The fraction of sp³-hybridized carbons (Fsp3) is 0.250. The van der Waals surface area contributed by atoms with Gasteiger partial charge in [0.05, 0.1) is 22.2 Å². The SMILES string of the molecule is C[C@@H](C(=O)O)n1cc([N+](=O)[O-])c(=O)c([N+](=O)[O-])c1. The summed E-state index contributed by atoms with van der Waals surface area (Å²) in [6.07, 6.45) is 1.32. The van der Waals surface area contributed by atoms with Crippen LogP contribution in [0.1, 0.15) is 13.0 Å². The van der Waals surface area contributed by atoms with E-state index in [0.29, 0.717) is 12.4 Å². The minimum Gasteiger partial charge on any atom is -0.480 e. The summed E-state index contributed by atoms with van der Waals surface area (Å²) >= 11 is 0. The normalized spacial score (nSPS) is 11.8. The lowest BCUT2D eigenvalue weighted by Gasteiger charge is -2.10. The molecule has 1 aromatic rings. The molecule has 1 aromatic heterocycles. The second kappa shape index (κ2) is 4.61. The van der Waals surface area contributed by atoms with Crippen LogP contribution in [0.5, 0.6) is 0 Å². The van der Waals surface area contributed by atoms with E-state index in [4.69, 9.17) is 5.11 Å². The number of pyridine rings is 1. The molecule has 0 spiro atoms. The van der Waals surface area contributed by atoms with Gasteiger partial charge in [0.2, 0.25) is 0 Å². The zero-order chi connectivity index (χ0) is 14.0. The molecule has 18 heavy (non-hydrogen) atoms. The molecule has 10 nitrogen and oxygen atoms in total. The number of carbonyl (C=O) groups is 1. The van der Waals surface area contributed by atoms with Crippen molar-refractivity contribution < 1.29 is 19.7 Å². The zero-order valence-electron chi connectivity index (χ0n) is 8.97. The summed E-state index contributed by atoms with van der Waals surface area (Å²) in [5.74, 6) is -1.35. The maximum atomic E-state index is 11.4. The van der Waals surface area contributed by atoms with E-state index in [2.05, 4.69) is 0 Å². The molecule has 0 aliphatic rings. The molecule has 0 unspecified atom stereocenters. The molecule has 1 heterocycles. The smallest absolute Gasteiger partial charge is 0.339 e. The maximum Gasteiger partial charge on any atom is 0.339 e. The second-order valence-electron chi connectivity index (χ2n) is 3.33. The van der Waals surface area contributed by atoms with Gasteiger partial charge in [-0.05, 0) is 6.92 Å². The highest BCUT2D eigenvalue weighted by Gasteiger charge is 2.27. The number of hydrogen-bond acceptors (Lipinski definition) is 6. The summed E-state index contributed by atoms with van der Waals surface area (Å²) in [4.78, 5) is 41.0. The Hall–Kier alpha value is -2.78. The Labute approximate surface area is 98.4 Å². The van der Waals surface area contributed by atoms with Gasteiger partial charge in [-0.2, -0.15) is 0 Å². The van der Waals surface area contributed by atoms with E-state index < -0.39 is 38.7 Å². The third-order valence-corrected chi connectivity index (χ3v) is 2.21. The van der Waals surface area contributed by atoms with Gasteiger partial charge in [-0.25, -0.2) is 4.79 Å². The van der Waals surface area contributed by atoms with Crippen LogP contribution in [0.3, 0.4) is 0 Å². The molecule has 1 atom stereocenters. The number of hydrogen-bond donors (Lipinski definition) is 1. The Kier molecular flexibility index (Phi) is 3.40. The van der Waals surface area contributed by atoms with Gasteiger partial charge in [-0.1, -0.05) is 0 Å². The summed E-state index contributed by atoms with van der Waals surface area (Å²) in [6, 6.07) is -1.28. The number of rotatable bonds is 4. The second-order valence-corrected chi connectivity index (χ2v) is 3.33. The van der Waals surface area contributed by atoms with E-state index in [1.165, 1.54) is 6.92 Å². The van der Waals surface area contributed by atoms with Crippen LogP contribution in [-0.2, 0) is 4.79 Å². The van der Waals surface area contributed by atoms with Crippen LogP contribution < -0.4 is 5.43 Å². The monoisotopic (exact) mass is 257 g/mol. The lowest BCUT2D eigenvalue weighted by Crippen LogP contribution is -2.21. The maximum absolute atomic E-state index is 11.4. The van der Waals surface area contributed by atoms with Gasteiger partial charge < -0.3 is 9.67 Å². The van der Waals surface area contributed by atoms with Crippen LogP contribution in [-0.4, -0.2) is 25.5 Å². The quantitative estimate of drug-likeness (QED) is 0.603. The molecular weight excluding hydrogens is 250 g/mol. The highest BCUT2D eigenvalue weighted by atomic mass is 16.6.